The summed E-state index contributed by atoms with van der Waals surface area (Å²) in [5, 5.41) is 1.92. The minimum absolute atomic E-state index is 0.333. The number of nitrogens with zero attached hydrogens (tertiary/aromatic N) is 2. The molecule has 206 valence electrons. The lowest BCUT2D eigenvalue weighted by atomic mass is 10.0. The molecule has 0 aliphatic rings. The number of hydrogen-bond acceptors (Lipinski definition) is 5. The highest BCUT2D eigenvalue weighted by molar-refractivity contribution is 6.08. The number of hydrogen-bond donors (Lipinski definition) is 0. The van der Waals surface area contributed by atoms with Crippen molar-refractivity contribution in [3.63, 3.8) is 0 Å². The van der Waals surface area contributed by atoms with Gasteiger partial charge in [0.2, 0.25) is 0 Å². The van der Waals surface area contributed by atoms with Crippen LogP contribution in [-0.2, 0) is 0 Å². The monoisotopic (exact) mass is 558 g/mol. The molecule has 0 radical (unpaired) electrons. The molecular formula is C38H26N2O3. The van der Waals surface area contributed by atoms with Gasteiger partial charge in [-0.25, -0.2) is 9.59 Å². The molecule has 1 aromatic heterocycles. The van der Waals surface area contributed by atoms with E-state index in [4.69, 9.17) is 4.42 Å². The molecule has 5 nitrogen and oxygen atoms in total. The Bertz CT molecular complexity index is 1930. The molecule has 0 fully saturated rings. The topological polar surface area (TPSA) is 53.8 Å². The highest BCUT2D eigenvalue weighted by atomic mass is 16.4. The van der Waals surface area contributed by atoms with Crippen LogP contribution in [0.2, 0.25) is 0 Å². The summed E-state index contributed by atoms with van der Waals surface area (Å²) in [6.07, 6.45) is 0. The molecule has 0 aliphatic carbocycles. The second kappa shape index (κ2) is 11.1. The van der Waals surface area contributed by atoms with Crippen molar-refractivity contribution in [2.45, 2.75) is 0 Å². The fraction of sp³-hybridized carbons (Fsp3) is 0. The van der Waals surface area contributed by atoms with Crippen LogP contribution >= 0.6 is 0 Å². The first kappa shape index (κ1) is 26.0. The Hall–Kier alpha value is -5.94. The van der Waals surface area contributed by atoms with E-state index in [0.717, 1.165) is 34.1 Å². The minimum Gasteiger partial charge on any atom is -0.386 e. The maximum atomic E-state index is 13.2. The first-order valence-corrected chi connectivity index (χ1v) is 14.0. The first-order valence-electron chi connectivity index (χ1n) is 14.0. The van der Waals surface area contributed by atoms with Crippen molar-refractivity contribution < 1.29 is 4.42 Å². The van der Waals surface area contributed by atoms with Crippen molar-refractivity contribution in [3.05, 3.63) is 179 Å². The van der Waals surface area contributed by atoms with E-state index in [1.54, 1.807) is 12.1 Å². The zero-order chi connectivity index (χ0) is 29.2. The lowest BCUT2D eigenvalue weighted by Crippen LogP contribution is -2.10. The Morgan fingerprint density at radius 1 is 0.326 bits per heavy atom. The zero-order valence-electron chi connectivity index (χ0n) is 23.1. The van der Waals surface area contributed by atoms with Gasteiger partial charge in [-0.05, 0) is 95.7 Å². The van der Waals surface area contributed by atoms with E-state index < -0.39 is 11.3 Å². The number of rotatable bonds is 6. The molecule has 1 heterocycles. The predicted molar refractivity (Wildman–Crippen MR) is 176 cm³/mol. The minimum atomic E-state index is -0.668. The van der Waals surface area contributed by atoms with E-state index in [-0.39, 0.29) is 0 Å². The summed E-state index contributed by atoms with van der Waals surface area (Å²) in [5.74, 6) is 0. The fourth-order valence-corrected chi connectivity index (χ4v) is 5.54. The van der Waals surface area contributed by atoms with Crippen LogP contribution in [0.3, 0.4) is 0 Å². The third-order valence-corrected chi connectivity index (χ3v) is 7.50. The molecule has 0 saturated heterocycles. The SMILES string of the molecule is O=c1oc(=O)c2ccc(N(c3ccccc3)c3ccccc3)cc2c2cc(N(c3ccccc3)c3ccccc3)ccc12. The van der Waals surface area contributed by atoms with Gasteiger partial charge in [0.15, 0.2) is 0 Å². The van der Waals surface area contributed by atoms with Gasteiger partial charge in [0.25, 0.3) is 0 Å². The lowest BCUT2D eigenvalue weighted by molar-refractivity contribution is 0.491. The smallest absolute Gasteiger partial charge is 0.346 e. The zero-order valence-corrected chi connectivity index (χ0v) is 23.1. The van der Waals surface area contributed by atoms with Crippen LogP contribution in [0, 0.1) is 0 Å². The first-order chi connectivity index (χ1) is 21.2. The second-order valence-corrected chi connectivity index (χ2v) is 10.1. The Balaban J connectivity index is 1.52. The quantitative estimate of drug-likeness (QED) is 0.204. The maximum Gasteiger partial charge on any atom is 0.346 e. The standard InChI is InChI=1S/C38H26N2O3/c41-37-33-23-21-31(39(27-13-5-1-6-14-27)28-15-7-2-8-16-28)25-35(33)36-26-32(22-24-34(36)38(42)43-37)40(29-17-9-3-10-18-29)30-19-11-4-12-20-30/h1-26H. The molecule has 43 heavy (non-hydrogen) atoms. The number of anilines is 6. The summed E-state index contributed by atoms with van der Waals surface area (Å²) in [5.41, 5.74) is 4.22. The summed E-state index contributed by atoms with van der Waals surface area (Å²) < 4.78 is 5.30. The van der Waals surface area contributed by atoms with Crippen LogP contribution in [0.5, 0.6) is 0 Å². The van der Waals surface area contributed by atoms with E-state index in [9.17, 15) is 9.59 Å². The third kappa shape index (κ3) is 4.94. The van der Waals surface area contributed by atoms with E-state index in [1.165, 1.54) is 0 Å². The molecule has 7 aromatic rings. The van der Waals surface area contributed by atoms with Gasteiger partial charge in [-0.2, -0.15) is 0 Å². The predicted octanol–water partition coefficient (Wildman–Crippen LogP) is 9.25. The van der Waals surface area contributed by atoms with Crippen LogP contribution in [0.25, 0.3) is 21.5 Å². The molecule has 0 bridgehead atoms. The van der Waals surface area contributed by atoms with E-state index >= 15 is 0 Å². The van der Waals surface area contributed by atoms with Crippen LogP contribution < -0.4 is 21.1 Å². The Kier molecular flexibility index (Phi) is 6.74. The van der Waals surface area contributed by atoms with Gasteiger partial charge in [0.05, 0.1) is 10.8 Å². The van der Waals surface area contributed by atoms with Gasteiger partial charge in [0.1, 0.15) is 0 Å². The highest BCUT2D eigenvalue weighted by Crippen LogP contribution is 2.39. The van der Waals surface area contributed by atoms with Gasteiger partial charge in [-0.1, -0.05) is 72.8 Å². The Morgan fingerprint density at radius 2 is 0.628 bits per heavy atom. The van der Waals surface area contributed by atoms with E-state index in [0.29, 0.717) is 21.5 Å². The molecule has 6 aromatic carbocycles. The lowest BCUT2D eigenvalue weighted by Gasteiger charge is -2.26. The summed E-state index contributed by atoms with van der Waals surface area (Å²) in [7, 11) is 0. The van der Waals surface area contributed by atoms with Gasteiger partial charge in [-0.3, -0.25) is 0 Å². The fourth-order valence-electron chi connectivity index (χ4n) is 5.54. The highest BCUT2D eigenvalue weighted by Gasteiger charge is 2.17. The molecule has 0 spiro atoms. The molecule has 0 N–H and O–H groups in total. The third-order valence-electron chi connectivity index (χ3n) is 7.50. The van der Waals surface area contributed by atoms with E-state index in [2.05, 4.69) is 9.80 Å². The van der Waals surface area contributed by atoms with Crippen LogP contribution in [0.4, 0.5) is 34.1 Å². The number of para-hydroxylation sites is 4. The molecule has 0 amide bonds. The van der Waals surface area contributed by atoms with Crippen molar-refractivity contribution in [2.24, 2.45) is 0 Å². The van der Waals surface area contributed by atoms with Crippen LogP contribution in [0.1, 0.15) is 0 Å². The Labute approximate surface area is 248 Å². The summed E-state index contributed by atoms with van der Waals surface area (Å²) in [4.78, 5) is 30.7. The van der Waals surface area contributed by atoms with Gasteiger partial charge < -0.3 is 14.2 Å². The molecule has 0 atom stereocenters. The van der Waals surface area contributed by atoms with Crippen molar-refractivity contribution >= 4 is 55.7 Å². The average Bonchev–Trinajstić information content (AvgIpc) is 3.16. The molecule has 7 rings (SSSR count). The summed E-state index contributed by atoms with van der Waals surface area (Å²) in [6, 6.07) is 51.4. The average molecular weight is 559 g/mol. The number of fused-ring (bicyclic) bond motifs is 3. The molecule has 5 heteroatoms. The van der Waals surface area contributed by atoms with Gasteiger partial charge in [-0.15, -0.1) is 0 Å². The summed E-state index contributed by atoms with van der Waals surface area (Å²) >= 11 is 0. The second-order valence-electron chi connectivity index (χ2n) is 10.1. The molecule has 0 unspecified atom stereocenters. The van der Waals surface area contributed by atoms with Crippen LogP contribution in [0.15, 0.2) is 172 Å². The van der Waals surface area contributed by atoms with Gasteiger partial charge in [0, 0.05) is 34.1 Å². The molecule has 0 aliphatic heterocycles. The maximum absolute atomic E-state index is 13.2. The Morgan fingerprint density at radius 3 is 0.930 bits per heavy atom. The normalized spacial score (nSPS) is 11.0. The largest absolute Gasteiger partial charge is 0.386 e. The summed E-state index contributed by atoms with van der Waals surface area (Å²) in [6.45, 7) is 0. The molecule has 0 saturated carbocycles. The van der Waals surface area contributed by atoms with Crippen molar-refractivity contribution in [1.29, 1.82) is 0 Å². The van der Waals surface area contributed by atoms with E-state index in [1.807, 2.05) is 146 Å². The van der Waals surface area contributed by atoms with Crippen molar-refractivity contribution in [1.82, 2.24) is 0 Å². The van der Waals surface area contributed by atoms with Crippen molar-refractivity contribution in [3.8, 4) is 0 Å². The molecular weight excluding hydrogens is 532 g/mol. The number of benzene rings is 6. The van der Waals surface area contributed by atoms with Crippen LogP contribution in [-0.4, -0.2) is 0 Å². The van der Waals surface area contributed by atoms with Gasteiger partial charge >= 0.3 is 11.3 Å². The van der Waals surface area contributed by atoms with Crippen molar-refractivity contribution in [2.75, 3.05) is 9.80 Å².